The van der Waals surface area contributed by atoms with Crippen LogP contribution < -0.4 is 14.8 Å². The van der Waals surface area contributed by atoms with E-state index in [9.17, 15) is 4.79 Å². The van der Waals surface area contributed by atoms with Gasteiger partial charge in [0.25, 0.3) is 0 Å². The number of benzene rings is 2. The fraction of sp³-hybridized carbons (Fsp3) is 0.517. The summed E-state index contributed by atoms with van der Waals surface area (Å²) in [5.41, 5.74) is 3.04. The van der Waals surface area contributed by atoms with Crippen LogP contribution in [0.2, 0.25) is 0 Å². The fourth-order valence-electron chi connectivity index (χ4n) is 6.13. The van der Waals surface area contributed by atoms with Crippen LogP contribution in [0.1, 0.15) is 54.8 Å². The monoisotopic (exact) mass is 488 g/mol. The van der Waals surface area contributed by atoms with E-state index < -0.39 is 0 Å². The van der Waals surface area contributed by atoms with Crippen LogP contribution >= 0.6 is 0 Å². The number of carbonyl (C=O) groups excluding carboxylic acids is 1. The molecule has 0 radical (unpaired) electrons. The molecule has 5 rings (SSSR count). The first kappa shape index (κ1) is 24.6. The Bertz CT molecular complexity index is 1100. The Hall–Kier alpha value is -3.08. The van der Waals surface area contributed by atoms with Crippen LogP contribution in [0.25, 0.3) is 0 Å². The van der Waals surface area contributed by atoms with Gasteiger partial charge in [-0.15, -0.1) is 0 Å². The van der Waals surface area contributed by atoms with Gasteiger partial charge in [0.2, 0.25) is 5.91 Å². The quantitative estimate of drug-likeness (QED) is 0.707. The Morgan fingerprint density at radius 1 is 1.14 bits per heavy atom. The van der Waals surface area contributed by atoms with Crippen molar-refractivity contribution < 1.29 is 14.3 Å². The van der Waals surface area contributed by atoms with Crippen molar-refractivity contribution in [3.05, 3.63) is 59.2 Å². The number of rotatable bonds is 3. The number of hydrogen-bond acceptors (Lipinski definition) is 6. The molecule has 7 nitrogen and oxygen atoms in total. The third kappa shape index (κ3) is 5.50. The van der Waals surface area contributed by atoms with Crippen molar-refractivity contribution in [1.29, 1.82) is 5.26 Å². The highest BCUT2D eigenvalue weighted by Crippen LogP contribution is 2.46. The summed E-state index contributed by atoms with van der Waals surface area (Å²) in [6, 6.07) is 17.1. The molecule has 36 heavy (non-hydrogen) atoms. The summed E-state index contributed by atoms with van der Waals surface area (Å²) >= 11 is 0. The van der Waals surface area contributed by atoms with Crippen molar-refractivity contribution in [2.24, 2.45) is 5.92 Å². The maximum atomic E-state index is 13.0. The number of ether oxygens (including phenoxy) is 2. The summed E-state index contributed by atoms with van der Waals surface area (Å²) in [4.78, 5) is 17.8. The van der Waals surface area contributed by atoms with Crippen molar-refractivity contribution in [2.45, 2.75) is 50.7 Å². The highest BCUT2D eigenvalue weighted by molar-refractivity contribution is 5.78. The summed E-state index contributed by atoms with van der Waals surface area (Å²) in [5.74, 6) is 2.14. The standard InChI is InChI=1S/C29H36N4O3/c1-35-27-11-10-23-16-28(27)36-14-3-2-12-32(19-22-8-6-21(17-30)7-9-22)20-29(34)31-18-24-15-26(23)33-13-4-5-25(24)33/h6-11,16,24-26H,2-5,12-15,18-20H2,1H3,(H,31,34)/t24-,25+,26-/m1/s1. The third-order valence-electron chi connectivity index (χ3n) is 7.93. The van der Waals surface area contributed by atoms with Crippen LogP contribution in [0, 0.1) is 17.2 Å². The van der Waals surface area contributed by atoms with Gasteiger partial charge < -0.3 is 14.8 Å². The normalized spacial score (nSPS) is 25.4. The average molecular weight is 489 g/mol. The first-order valence-corrected chi connectivity index (χ1v) is 13.2. The van der Waals surface area contributed by atoms with E-state index in [1.54, 1.807) is 7.11 Å². The lowest BCUT2D eigenvalue weighted by atomic mass is 9.94. The first-order valence-electron chi connectivity index (χ1n) is 13.2. The number of carbonyl (C=O) groups is 1. The number of nitrogens with one attached hydrogen (secondary N) is 1. The zero-order valence-corrected chi connectivity index (χ0v) is 21.1. The smallest absolute Gasteiger partial charge is 0.234 e. The lowest BCUT2D eigenvalue weighted by molar-refractivity contribution is -0.122. The van der Waals surface area contributed by atoms with Crippen LogP contribution in [-0.2, 0) is 11.3 Å². The van der Waals surface area contributed by atoms with E-state index in [-0.39, 0.29) is 5.91 Å². The predicted molar refractivity (Wildman–Crippen MR) is 138 cm³/mol. The Balaban J connectivity index is 1.34. The lowest BCUT2D eigenvalue weighted by Crippen LogP contribution is -2.41. The molecule has 1 amide bonds. The summed E-state index contributed by atoms with van der Waals surface area (Å²) < 4.78 is 11.8. The van der Waals surface area contributed by atoms with Crippen molar-refractivity contribution in [3.8, 4) is 17.6 Å². The molecule has 4 bridgehead atoms. The zero-order chi connectivity index (χ0) is 24.9. The minimum absolute atomic E-state index is 0.0896. The number of nitriles is 1. The Kier molecular flexibility index (Phi) is 7.74. The molecular formula is C29H36N4O3. The van der Waals surface area contributed by atoms with Crippen LogP contribution in [0.3, 0.4) is 0 Å². The van der Waals surface area contributed by atoms with Gasteiger partial charge in [-0.05, 0) is 86.5 Å². The van der Waals surface area contributed by atoms with Gasteiger partial charge in [-0.1, -0.05) is 18.2 Å². The molecule has 0 aliphatic carbocycles. The molecule has 2 aromatic carbocycles. The highest BCUT2D eigenvalue weighted by Gasteiger charge is 2.44. The molecule has 0 aromatic heterocycles. The van der Waals surface area contributed by atoms with E-state index in [0.29, 0.717) is 43.3 Å². The second-order valence-corrected chi connectivity index (χ2v) is 10.2. The molecule has 3 heterocycles. The second-order valence-electron chi connectivity index (χ2n) is 10.2. The first-order chi connectivity index (χ1) is 17.6. The Morgan fingerprint density at radius 2 is 2.00 bits per heavy atom. The molecule has 2 fully saturated rings. The second kappa shape index (κ2) is 11.3. The highest BCUT2D eigenvalue weighted by atomic mass is 16.5. The maximum Gasteiger partial charge on any atom is 0.234 e. The predicted octanol–water partition coefficient (Wildman–Crippen LogP) is 3.88. The largest absolute Gasteiger partial charge is 0.493 e. The SMILES string of the molecule is COc1ccc2cc1OCCCCN(Cc1ccc(C#N)cc1)CC(=O)NC[C@H]1C[C@H]2N2CCC[C@@H]12. The molecule has 0 unspecified atom stereocenters. The van der Waals surface area contributed by atoms with Crippen LogP contribution in [0.4, 0.5) is 0 Å². The Labute approximate surface area is 214 Å². The van der Waals surface area contributed by atoms with Crippen molar-refractivity contribution in [2.75, 3.05) is 39.9 Å². The minimum Gasteiger partial charge on any atom is -0.493 e. The van der Waals surface area contributed by atoms with Crippen molar-refractivity contribution in [1.82, 2.24) is 15.1 Å². The van der Waals surface area contributed by atoms with E-state index >= 15 is 0 Å². The van der Waals surface area contributed by atoms with Crippen LogP contribution in [-0.4, -0.2) is 61.6 Å². The lowest BCUT2D eigenvalue weighted by Gasteiger charge is -2.25. The molecule has 3 aliphatic heterocycles. The van der Waals surface area contributed by atoms with E-state index in [1.807, 2.05) is 30.3 Å². The summed E-state index contributed by atoms with van der Waals surface area (Å²) in [6.45, 7) is 4.29. The van der Waals surface area contributed by atoms with Gasteiger partial charge in [-0.3, -0.25) is 14.6 Å². The molecule has 1 N–H and O–H groups in total. The van der Waals surface area contributed by atoms with Gasteiger partial charge in [0.05, 0.1) is 31.9 Å². The molecule has 0 spiro atoms. The van der Waals surface area contributed by atoms with Gasteiger partial charge in [-0.25, -0.2) is 0 Å². The number of nitrogens with zero attached hydrogens (tertiary/aromatic N) is 3. The average Bonchev–Trinajstić information content (AvgIpc) is 3.50. The molecule has 7 heteroatoms. The van der Waals surface area contributed by atoms with Crippen LogP contribution in [0.15, 0.2) is 42.5 Å². The maximum absolute atomic E-state index is 13.0. The Morgan fingerprint density at radius 3 is 2.81 bits per heavy atom. The molecule has 2 saturated heterocycles. The minimum atomic E-state index is 0.0896. The van der Waals surface area contributed by atoms with E-state index in [0.717, 1.165) is 56.0 Å². The van der Waals surface area contributed by atoms with E-state index in [2.05, 4.69) is 33.3 Å². The number of fused-ring (bicyclic) bond motifs is 8. The molecule has 2 aromatic rings. The summed E-state index contributed by atoms with van der Waals surface area (Å²) in [5, 5.41) is 12.4. The number of amides is 1. The van der Waals surface area contributed by atoms with Gasteiger partial charge in [0.15, 0.2) is 11.5 Å². The van der Waals surface area contributed by atoms with Crippen LogP contribution in [0.5, 0.6) is 11.5 Å². The molecule has 190 valence electrons. The van der Waals surface area contributed by atoms with Crippen molar-refractivity contribution >= 4 is 5.91 Å². The zero-order valence-electron chi connectivity index (χ0n) is 21.1. The number of methoxy groups -OCH3 is 1. The summed E-state index contributed by atoms with van der Waals surface area (Å²) in [7, 11) is 1.69. The topological polar surface area (TPSA) is 77.8 Å². The van der Waals surface area contributed by atoms with Gasteiger partial charge >= 0.3 is 0 Å². The molecule has 3 aliphatic rings. The fourth-order valence-corrected chi connectivity index (χ4v) is 6.13. The summed E-state index contributed by atoms with van der Waals surface area (Å²) in [6.07, 6.45) is 5.27. The van der Waals surface area contributed by atoms with Crippen molar-refractivity contribution in [3.63, 3.8) is 0 Å². The van der Waals surface area contributed by atoms with Gasteiger partial charge in [0, 0.05) is 25.2 Å². The molecule has 3 atom stereocenters. The molecular weight excluding hydrogens is 452 g/mol. The van der Waals surface area contributed by atoms with E-state index in [4.69, 9.17) is 14.7 Å². The van der Waals surface area contributed by atoms with Gasteiger partial charge in [-0.2, -0.15) is 5.26 Å². The third-order valence-corrected chi connectivity index (χ3v) is 7.93. The number of hydrogen-bond donors (Lipinski definition) is 1. The molecule has 0 saturated carbocycles. The van der Waals surface area contributed by atoms with Gasteiger partial charge in [0.1, 0.15) is 0 Å². The van der Waals surface area contributed by atoms with E-state index in [1.165, 1.54) is 18.4 Å².